The molecular formula is C20H23ClN2O4S. The fourth-order valence-electron chi connectivity index (χ4n) is 2.99. The second-order valence-electron chi connectivity index (χ2n) is 6.52. The third kappa shape index (κ3) is 4.84. The van der Waals surface area contributed by atoms with E-state index in [0.29, 0.717) is 23.9 Å². The van der Waals surface area contributed by atoms with Crippen molar-refractivity contribution in [1.29, 1.82) is 0 Å². The highest BCUT2D eigenvalue weighted by Crippen LogP contribution is 2.19. The van der Waals surface area contributed by atoms with E-state index in [2.05, 4.69) is 0 Å². The van der Waals surface area contributed by atoms with Gasteiger partial charge in [-0.15, -0.1) is 0 Å². The van der Waals surface area contributed by atoms with Crippen LogP contribution >= 0.6 is 11.6 Å². The molecule has 1 heterocycles. The molecule has 1 aliphatic rings. The fourth-order valence-corrected chi connectivity index (χ4v) is 4.54. The molecule has 1 saturated heterocycles. The number of amides is 1. The van der Waals surface area contributed by atoms with Gasteiger partial charge in [0, 0.05) is 31.2 Å². The van der Waals surface area contributed by atoms with E-state index >= 15 is 0 Å². The molecule has 150 valence electrons. The molecule has 0 aliphatic carbocycles. The Morgan fingerprint density at radius 1 is 1.00 bits per heavy atom. The van der Waals surface area contributed by atoms with Gasteiger partial charge in [-0.3, -0.25) is 4.79 Å². The van der Waals surface area contributed by atoms with Crippen LogP contribution in [0.3, 0.4) is 0 Å². The lowest BCUT2D eigenvalue weighted by Gasteiger charge is -2.34. The number of carbonyl (C=O) groups is 1. The van der Waals surface area contributed by atoms with Gasteiger partial charge in [-0.05, 0) is 48.4 Å². The molecule has 8 heteroatoms. The lowest BCUT2D eigenvalue weighted by molar-refractivity contribution is -0.134. The Morgan fingerprint density at radius 3 is 2.18 bits per heavy atom. The van der Waals surface area contributed by atoms with Crippen LogP contribution in [0.15, 0.2) is 53.4 Å². The summed E-state index contributed by atoms with van der Waals surface area (Å²) in [6, 6.07) is 13.7. The van der Waals surface area contributed by atoms with Gasteiger partial charge >= 0.3 is 0 Å². The summed E-state index contributed by atoms with van der Waals surface area (Å²) in [7, 11) is -3.54. The maximum absolute atomic E-state index is 12.8. The first-order valence-electron chi connectivity index (χ1n) is 9.15. The molecule has 0 N–H and O–H groups in total. The number of aryl methyl sites for hydroxylation is 1. The number of hydrogen-bond acceptors (Lipinski definition) is 4. The zero-order valence-corrected chi connectivity index (χ0v) is 17.2. The molecule has 2 aromatic rings. The van der Waals surface area contributed by atoms with E-state index in [4.69, 9.17) is 16.3 Å². The summed E-state index contributed by atoms with van der Waals surface area (Å²) in [6.07, 6.45) is 0.860. The quantitative estimate of drug-likeness (QED) is 0.717. The number of rotatable bonds is 6. The van der Waals surface area contributed by atoms with Crippen molar-refractivity contribution in [2.45, 2.75) is 18.2 Å². The number of ether oxygens (including phenoxy) is 1. The first-order chi connectivity index (χ1) is 13.4. The zero-order chi connectivity index (χ0) is 20.1. The molecule has 0 radical (unpaired) electrons. The summed E-state index contributed by atoms with van der Waals surface area (Å²) in [5, 5.41) is 0.598. The number of carbonyl (C=O) groups excluding carboxylic acids is 1. The summed E-state index contributed by atoms with van der Waals surface area (Å²) >= 11 is 5.82. The van der Waals surface area contributed by atoms with Crippen LogP contribution in [0.5, 0.6) is 5.75 Å². The number of piperazine rings is 1. The van der Waals surface area contributed by atoms with Gasteiger partial charge in [-0.25, -0.2) is 8.42 Å². The van der Waals surface area contributed by atoms with Crippen molar-refractivity contribution in [3.05, 3.63) is 59.1 Å². The lowest BCUT2D eigenvalue weighted by atomic mass is 10.2. The van der Waals surface area contributed by atoms with Crippen LogP contribution in [0.25, 0.3) is 0 Å². The van der Waals surface area contributed by atoms with E-state index in [1.807, 2.05) is 19.1 Å². The third-order valence-corrected chi connectivity index (χ3v) is 6.90. The molecule has 28 heavy (non-hydrogen) atoms. The van der Waals surface area contributed by atoms with E-state index < -0.39 is 10.0 Å². The maximum atomic E-state index is 12.8. The molecule has 1 fully saturated rings. The minimum Gasteiger partial charge on any atom is -0.484 e. The zero-order valence-electron chi connectivity index (χ0n) is 15.7. The summed E-state index contributed by atoms with van der Waals surface area (Å²) in [5.74, 6) is 0.397. The Balaban J connectivity index is 1.54. The van der Waals surface area contributed by atoms with Crippen molar-refractivity contribution >= 4 is 27.5 Å². The van der Waals surface area contributed by atoms with Gasteiger partial charge in [-0.2, -0.15) is 4.31 Å². The van der Waals surface area contributed by atoms with Crippen LogP contribution in [0.1, 0.15) is 12.5 Å². The largest absolute Gasteiger partial charge is 0.484 e. The summed E-state index contributed by atoms with van der Waals surface area (Å²) in [6.45, 7) is 3.16. The molecular weight excluding hydrogens is 400 g/mol. The molecule has 0 atom stereocenters. The van der Waals surface area contributed by atoms with Crippen LogP contribution in [0.2, 0.25) is 5.02 Å². The molecule has 1 amide bonds. The predicted molar refractivity (Wildman–Crippen MR) is 108 cm³/mol. The summed E-state index contributed by atoms with van der Waals surface area (Å²) in [4.78, 5) is 14.3. The number of benzene rings is 2. The first-order valence-corrected chi connectivity index (χ1v) is 11.0. The SMILES string of the molecule is CCc1ccc(S(=O)(=O)N2CCN(C(=O)COc3ccc(Cl)cc3)CC2)cc1. The van der Waals surface area contributed by atoms with E-state index in [-0.39, 0.29) is 30.5 Å². The molecule has 0 bridgehead atoms. The normalized spacial score (nSPS) is 15.4. The van der Waals surface area contributed by atoms with E-state index in [1.165, 1.54) is 4.31 Å². The molecule has 3 rings (SSSR count). The van der Waals surface area contributed by atoms with Gasteiger partial charge in [0.15, 0.2) is 6.61 Å². The van der Waals surface area contributed by atoms with Crippen LogP contribution in [0, 0.1) is 0 Å². The second kappa shape index (κ2) is 8.94. The number of hydrogen-bond donors (Lipinski definition) is 0. The van der Waals surface area contributed by atoms with Gasteiger partial charge in [-0.1, -0.05) is 30.7 Å². The molecule has 2 aromatic carbocycles. The molecule has 0 saturated carbocycles. The van der Waals surface area contributed by atoms with Gasteiger partial charge in [0.05, 0.1) is 4.90 Å². The minimum absolute atomic E-state index is 0.0904. The molecule has 0 unspecified atom stereocenters. The van der Waals surface area contributed by atoms with Crippen molar-refractivity contribution in [3.8, 4) is 5.75 Å². The van der Waals surface area contributed by atoms with Crippen molar-refractivity contribution < 1.29 is 17.9 Å². The lowest BCUT2D eigenvalue weighted by Crippen LogP contribution is -2.51. The Kier molecular flexibility index (Phi) is 6.59. The maximum Gasteiger partial charge on any atom is 0.260 e. The van der Waals surface area contributed by atoms with Crippen molar-refractivity contribution in [3.63, 3.8) is 0 Å². The molecule has 6 nitrogen and oxygen atoms in total. The topological polar surface area (TPSA) is 66.9 Å². The fraction of sp³-hybridized carbons (Fsp3) is 0.350. The second-order valence-corrected chi connectivity index (χ2v) is 8.90. The van der Waals surface area contributed by atoms with Crippen molar-refractivity contribution in [2.24, 2.45) is 0 Å². The highest BCUT2D eigenvalue weighted by molar-refractivity contribution is 7.89. The summed E-state index contributed by atoms with van der Waals surface area (Å²) in [5.41, 5.74) is 1.09. The predicted octanol–water partition coefficient (Wildman–Crippen LogP) is 2.81. The van der Waals surface area contributed by atoms with Gasteiger partial charge in [0.1, 0.15) is 5.75 Å². The standard InChI is InChI=1S/C20H23ClN2O4S/c1-2-16-3-9-19(10-4-16)28(25,26)23-13-11-22(12-14-23)20(24)15-27-18-7-5-17(21)6-8-18/h3-10H,2,11-15H2,1H3. The highest BCUT2D eigenvalue weighted by atomic mass is 35.5. The van der Waals surface area contributed by atoms with Gasteiger partial charge in [0.25, 0.3) is 5.91 Å². The first kappa shape index (κ1) is 20.6. The van der Waals surface area contributed by atoms with Crippen LogP contribution in [-0.4, -0.2) is 56.3 Å². The highest BCUT2D eigenvalue weighted by Gasteiger charge is 2.30. The average Bonchev–Trinajstić information content (AvgIpc) is 2.73. The monoisotopic (exact) mass is 422 g/mol. The Hall–Kier alpha value is -2.09. The van der Waals surface area contributed by atoms with Crippen LogP contribution in [0.4, 0.5) is 0 Å². The van der Waals surface area contributed by atoms with Gasteiger partial charge < -0.3 is 9.64 Å². The van der Waals surface area contributed by atoms with Crippen molar-refractivity contribution in [2.75, 3.05) is 32.8 Å². The smallest absolute Gasteiger partial charge is 0.260 e. The number of halogens is 1. The molecule has 1 aliphatic heterocycles. The molecule has 0 aromatic heterocycles. The third-order valence-electron chi connectivity index (χ3n) is 4.74. The minimum atomic E-state index is -3.54. The van der Waals surface area contributed by atoms with Crippen molar-refractivity contribution in [1.82, 2.24) is 9.21 Å². The van der Waals surface area contributed by atoms with Crippen LogP contribution in [-0.2, 0) is 21.2 Å². The Bertz CT molecular complexity index is 906. The average molecular weight is 423 g/mol. The van der Waals surface area contributed by atoms with E-state index in [0.717, 1.165) is 12.0 Å². The Labute approximate surface area is 170 Å². The number of sulfonamides is 1. The number of nitrogens with zero attached hydrogens (tertiary/aromatic N) is 2. The summed E-state index contributed by atoms with van der Waals surface area (Å²) < 4.78 is 32.5. The van der Waals surface area contributed by atoms with E-state index in [1.54, 1.807) is 41.3 Å². The van der Waals surface area contributed by atoms with E-state index in [9.17, 15) is 13.2 Å². The van der Waals surface area contributed by atoms with Crippen LogP contribution < -0.4 is 4.74 Å². The van der Waals surface area contributed by atoms with Gasteiger partial charge in [0.2, 0.25) is 10.0 Å². The Morgan fingerprint density at radius 2 is 1.61 bits per heavy atom. The molecule has 0 spiro atoms.